The van der Waals surface area contributed by atoms with Gasteiger partial charge in [0.2, 0.25) is 0 Å². The van der Waals surface area contributed by atoms with Crippen LogP contribution in [0.25, 0.3) is 44.4 Å². The molecule has 0 saturated carbocycles. The summed E-state index contributed by atoms with van der Waals surface area (Å²) in [6.07, 6.45) is 1.75. The fourth-order valence-corrected chi connectivity index (χ4v) is 6.60. The largest absolute Gasteiger partial charge is 2.00 e. The Labute approximate surface area is 295 Å². The first-order valence-electron chi connectivity index (χ1n) is 15.7. The average Bonchev–Trinajstić information content (AvgIpc) is 3.53. The number of hydrogen-bond donors (Lipinski definition) is 0. The smallest absolute Gasteiger partial charge is 0.509 e. The van der Waals surface area contributed by atoms with E-state index in [0.717, 1.165) is 61.6 Å². The third kappa shape index (κ3) is 5.76. The fourth-order valence-electron chi connectivity index (χ4n) is 6.60. The molecule has 0 saturated heterocycles. The maximum atomic E-state index is 6.48. The maximum Gasteiger partial charge on any atom is 2.00 e. The summed E-state index contributed by atoms with van der Waals surface area (Å²) in [6.45, 7) is 10.6. The summed E-state index contributed by atoms with van der Waals surface area (Å²) in [5.41, 5.74) is 11.8. The monoisotopic (exact) mass is 725 g/mol. The van der Waals surface area contributed by atoms with Gasteiger partial charge in [0.15, 0.2) is 0 Å². The van der Waals surface area contributed by atoms with Crippen molar-refractivity contribution in [1.82, 2.24) is 19.3 Å². The van der Waals surface area contributed by atoms with Crippen molar-refractivity contribution >= 4 is 27.5 Å². The molecule has 0 unspecified atom stereocenters. The van der Waals surface area contributed by atoms with Crippen LogP contribution in [0.4, 0.5) is 5.69 Å². The number of aryl methyl sites for hydroxylation is 4. The predicted octanol–water partition coefficient (Wildman–Crippen LogP) is 9.04. The van der Waals surface area contributed by atoms with E-state index >= 15 is 0 Å². The number of anilines is 1. The molecule has 48 heavy (non-hydrogen) atoms. The molecule has 3 aromatic heterocycles. The molecule has 244 valence electrons. The normalized spacial score (nSPS) is 11.2. The molecule has 0 bridgehead atoms. The Bertz CT molecular complexity index is 2290. The zero-order valence-corrected chi connectivity index (χ0v) is 29.9. The summed E-state index contributed by atoms with van der Waals surface area (Å²) in [5, 5.41) is 7.17. The van der Waals surface area contributed by atoms with E-state index in [-0.39, 0.29) is 20.4 Å². The second kappa shape index (κ2) is 13.0. The average molecular weight is 726 g/mol. The van der Waals surface area contributed by atoms with Crippen molar-refractivity contribution in [3.05, 3.63) is 119 Å². The Morgan fingerprint density at radius 2 is 1.52 bits per heavy atom. The van der Waals surface area contributed by atoms with Crippen molar-refractivity contribution in [1.29, 1.82) is 0 Å². The van der Waals surface area contributed by atoms with Crippen LogP contribution < -0.4 is 14.4 Å². The van der Waals surface area contributed by atoms with E-state index < -0.39 is 0 Å². The molecule has 0 amide bonds. The fraction of sp³-hybridized carbons (Fsp3) is 0.200. The minimum atomic E-state index is 0. The summed E-state index contributed by atoms with van der Waals surface area (Å²) in [7, 11) is 5.80. The first-order chi connectivity index (χ1) is 22.6. The number of nitrogens with zero attached hydrogens (tertiary/aromatic N) is 5. The van der Waals surface area contributed by atoms with Gasteiger partial charge in [-0.15, -0.1) is 35.7 Å². The van der Waals surface area contributed by atoms with Gasteiger partial charge >= 0.3 is 20.4 Å². The van der Waals surface area contributed by atoms with E-state index in [4.69, 9.17) is 14.6 Å². The van der Waals surface area contributed by atoms with Crippen molar-refractivity contribution in [3.63, 3.8) is 0 Å². The van der Waals surface area contributed by atoms with E-state index in [9.17, 15) is 0 Å². The molecule has 8 heteroatoms. The molecular weight excluding hydrogens is 689 g/mol. The van der Waals surface area contributed by atoms with E-state index in [0.29, 0.717) is 11.5 Å². The first-order valence-corrected chi connectivity index (χ1v) is 15.7. The Balaban J connectivity index is 0.00000401. The molecule has 0 fully saturated rings. The van der Waals surface area contributed by atoms with Crippen LogP contribution in [-0.2, 0) is 20.4 Å². The van der Waals surface area contributed by atoms with Gasteiger partial charge in [0.1, 0.15) is 11.6 Å². The SMILES string of the molecule is COc1ccnc(-n2c3[c-]c(Oc4[c-]c(-n5nc(C)c(-c6c(C)cc(N(C)C)cc6C)c5C)cc(C)c4)ccc3c3ccccc32)c1.[Pd+2]. The number of ether oxygens (including phenoxy) is 2. The van der Waals surface area contributed by atoms with E-state index in [1.165, 1.54) is 22.4 Å². The van der Waals surface area contributed by atoms with Gasteiger partial charge in [-0.2, -0.15) is 16.7 Å². The van der Waals surface area contributed by atoms with Crippen molar-refractivity contribution in [2.24, 2.45) is 0 Å². The van der Waals surface area contributed by atoms with Crippen LogP contribution in [-0.4, -0.2) is 40.5 Å². The van der Waals surface area contributed by atoms with Crippen LogP contribution in [0.3, 0.4) is 0 Å². The molecule has 3 heterocycles. The molecule has 0 aliphatic heterocycles. The van der Waals surface area contributed by atoms with Crippen LogP contribution in [0.1, 0.15) is 28.1 Å². The van der Waals surface area contributed by atoms with Crippen LogP contribution >= 0.6 is 0 Å². The molecule has 0 N–H and O–H groups in total. The maximum absolute atomic E-state index is 6.48. The number of rotatable bonds is 7. The Hall–Kier alpha value is -4.90. The number of hydrogen-bond acceptors (Lipinski definition) is 5. The van der Waals surface area contributed by atoms with Crippen molar-refractivity contribution < 1.29 is 29.9 Å². The number of methoxy groups -OCH3 is 1. The Morgan fingerprint density at radius 3 is 2.25 bits per heavy atom. The van der Waals surface area contributed by atoms with Crippen LogP contribution in [0, 0.1) is 46.8 Å². The van der Waals surface area contributed by atoms with Gasteiger partial charge in [-0.3, -0.25) is 4.68 Å². The van der Waals surface area contributed by atoms with Gasteiger partial charge in [0, 0.05) is 60.3 Å². The minimum Gasteiger partial charge on any atom is -0.509 e. The van der Waals surface area contributed by atoms with Gasteiger partial charge in [0.05, 0.1) is 12.8 Å². The summed E-state index contributed by atoms with van der Waals surface area (Å²) in [5.74, 6) is 2.65. The summed E-state index contributed by atoms with van der Waals surface area (Å²) < 4.78 is 16.1. The zero-order valence-electron chi connectivity index (χ0n) is 28.4. The van der Waals surface area contributed by atoms with E-state index in [2.05, 4.69) is 112 Å². The topological polar surface area (TPSA) is 57.3 Å². The molecule has 4 aromatic carbocycles. The van der Waals surface area contributed by atoms with Gasteiger partial charge in [0.25, 0.3) is 0 Å². The minimum absolute atomic E-state index is 0. The number of aromatic nitrogens is 4. The number of para-hydroxylation sites is 1. The zero-order chi connectivity index (χ0) is 33.0. The van der Waals surface area contributed by atoms with Gasteiger partial charge in [-0.25, -0.2) is 4.98 Å². The van der Waals surface area contributed by atoms with Crippen LogP contribution in [0.2, 0.25) is 0 Å². The molecule has 7 rings (SSSR count). The molecular formula is C40H37N5O2Pd. The third-order valence-corrected chi connectivity index (χ3v) is 8.74. The number of pyridine rings is 1. The molecule has 7 nitrogen and oxygen atoms in total. The second-order valence-electron chi connectivity index (χ2n) is 12.3. The van der Waals surface area contributed by atoms with E-state index in [1.807, 2.05) is 41.1 Å². The molecule has 0 spiro atoms. The van der Waals surface area contributed by atoms with Crippen LogP contribution in [0.5, 0.6) is 17.2 Å². The van der Waals surface area contributed by atoms with Gasteiger partial charge in [-0.1, -0.05) is 30.6 Å². The van der Waals surface area contributed by atoms with Crippen molar-refractivity contribution in [3.8, 4) is 39.9 Å². The Kier molecular flexibility index (Phi) is 8.91. The molecule has 0 aliphatic rings. The van der Waals surface area contributed by atoms with Crippen molar-refractivity contribution in [2.45, 2.75) is 34.6 Å². The number of benzene rings is 4. The van der Waals surface area contributed by atoms with Gasteiger partial charge < -0.3 is 18.9 Å². The quantitative estimate of drug-likeness (QED) is 0.121. The molecule has 0 aliphatic carbocycles. The third-order valence-electron chi connectivity index (χ3n) is 8.74. The Morgan fingerprint density at radius 1 is 0.771 bits per heavy atom. The summed E-state index contributed by atoms with van der Waals surface area (Å²) in [4.78, 5) is 6.81. The van der Waals surface area contributed by atoms with Gasteiger partial charge in [-0.05, 0) is 79.7 Å². The molecule has 0 radical (unpaired) electrons. The summed E-state index contributed by atoms with van der Waals surface area (Å²) >= 11 is 0. The molecule has 7 aromatic rings. The summed E-state index contributed by atoms with van der Waals surface area (Å²) in [6, 6.07) is 31.7. The van der Waals surface area contributed by atoms with Crippen molar-refractivity contribution in [2.75, 3.05) is 26.1 Å². The second-order valence-corrected chi connectivity index (χ2v) is 12.3. The standard InChI is InChI=1S/C40H37N5O2.Pd/c1-24-17-30(45-28(5)40(27(4)42-45)39-25(2)19-29(43(6)7)20-26(39)3)21-33(18-24)47-32-13-14-35-34-11-9-10-12-36(34)44(37(35)22-32)38-23-31(46-8)15-16-41-38;/h9-20,23H,1-8H3;/q-2;+2. The first kappa shape index (κ1) is 33.0. The molecule has 0 atom stereocenters. The predicted molar refractivity (Wildman–Crippen MR) is 190 cm³/mol. The van der Waals surface area contributed by atoms with Crippen LogP contribution in [0.15, 0.2) is 79.0 Å². The van der Waals surface area contributed by atoms with E-state index in [1.54, 1.807) is 13.3 Å². The number of fused-ring (bicyclic) bond motifs is 3.